The van der Waals surface area contributed by atoms with Crippen LogP contribution in [0, 0.1) is 0 Å². The van der Waals surface area contributed by atoms with Crippen molar-refractivity contribution in [1.29, 1.82) is 0 Å². The van der Waals surface area contributed by atoms with Crippen molar-refractivity contribution in [2.24, 2.45) is 0 Å². The van der Waals surface area contributed by atoms with Crippen LogP contribution >= 0.6 is 11.8 Å². The van der Waals surface area contributed by atoms with Crippen LogP contribution in [0.25, 0.3) is 0 Å². The molecule has 0 atom stereocenters. The summed E-state index contributed by atoms with van der Waals surface area (Å²) in [5.74, 6) is 1.15. The van der Waals surface area contributed by atoms with Gasteiger partial charge in [0.1, 0.15) is 0 Å². The molecule has 3 N–H and O–H groups in total. The highest BCUT2D eigenvalue weighted by Crippen LogP contribution is 2.12. The summed E-state index contributed by atoms with van der Waals surface area (Å²) in [7, 11) is 0. The van der Waals surface area contributed by atoms with Gasteiger partial charge in [-0.05, 0) is 5.56 Å². The monoisotopic (exact) mass is 250 g/mol. The van der Waals surface area contributed by atoms with Gasteiger partial charge in [-0.3, -0.25) is 0 Å². The lowest BCUT2D eigenvalue weighted by molar-refractivity contribution is 0.136. The van der Waals surface area contributed by atoms with Crippen LogP contribution in [-0.4, -0.2) is 27.5 Å². The number of rotatable bonds is 6. The molecule has 6 heteroatoms. The van der Waals surface area contributed by atoms with Gasteiger partial charge in [-0.1, -0.05) is 42.1 Å². The van der Waals surface area contributed by atoms with Crippen LogP contribution in [0.5, 0.6) is 0 Å². The van der Waals surface area contributed by atoms with E-state index in [-0.39, 0.29) is 0 Å². The molecule has 0 aliphatic heterocycles. The number of nitrogens with one attached hydrogen (secondary N) is 1. The molecule has 17 heavy (non-hydrogen) atoms. The zero-order chi connectivity index (χ0) is 11.9. The molecule has 0 saturated heterocycles. The topological polar surface area (TPSA) is 76.8 Å². The van der Waals surface area contributed by atoms with Crippen molar-refractivity contribution in [3.8, 4) is 0 Å². The van der Waals surface area contributed by atoms with E-state index in [1.165, 1.54) is 17.3 Å². The van der Waals surface area contributed by atoms with Gasteiger partial charge in [0.25, 0.3) is 0 Å². The molecule has 1 heterocycles. The number of ether oxygens (including phenoxy) is 1. The Kier molecular flexibility index (Phi) is 4.40. The Hall–Kier alpha value is -1.53. The predicted molar refractivity (Wildman–Crippen MR) is 67.6 cm³/mol. The summed E-state index contributed by atoms with van der Waals surface area (Å²) in [4.78, 5) is 3.99. The zero-order valence-corrected chi connectivity index (χ0v) is 10.1. The Labute approximate surface area is 104 Å². The molecule has 5 nitrogen and oxygen atoms in total. The van der Waals surface area contributed by atoms with E-state index in [9.17, 15) is 0 Å². The van der Waals surface area contributed by atoms with E-state index in [1.807, 2.05) is 30.3 Å². The molecule has 1 aromatic carbocycles. The number of nitrogen functional groups attached to an aromatic ring is 1. The standard InChI is InChI=1S/C11H14N4OS/c12-10-13-11(15-14-10)17-7-6-16-8-9-4-2-1-3-5-9/h1-5H,6-8H2,(H3,12,13,14,15). The van der Waals surface area contributed by atoms with E-state index in [1.54, 1.807) is 0 Å². The normalized spacial score (nSPS) is 10.6. The average Bonchev–Trinajstić information content (AvgIpc) is 2.76. The molecule has 0 fully saturated rings. The van der Waals surface area contributed by atoms with Gasteiger partial charge in [0.15, 0.2) is 0 Å². The highest BCUT2D eigenvalue weighted by atomic mass is 32.2. The van der Waals surface area contributed by atoms with Gasteiger partial charge in [-0.25, -0.2) is 5.10 Å². The van der Waals surface area contributed by atoms with Crippen molar-refractivity contribution in [1.82, 2.24) is 15.2 Å². The number of hydrogen-bond acceptors (Lipinski definition) is 5. The number of benzene rings is 1. The van der Waals surface area contributed by atoms with Crippen LogP contribution in [0.1, 0.15) is 5.56 Å². The maximum atomic E-state index is 5.53. The molecule has 0 unspecified atom stereocenters. The third kappa shape index (κ3) is 4.08. The summed E-state index contributed by atoms with van der Waals surface area (Å²) in [6, 6.07) is 10.1. The molecule has 0 aliphatic rings. The molecule has 2 aromatic rings. The maximum Gasteiger partial charge on any atom is 0.216 e. The molecule has 0 amide bonds. The minimum absolute atomic E-state index is 0.345. The highest BCUT2D eigenvalue weighted by molar-refractivity contribution is 7.99. The smallest absolute Gasteiger partial charge is 0.216 e. The summed E-state index contributed by atoms with van der Waals surface area (Å²) >= 11 is 1.52. The van der Waals surface area contributed by atoms with E-state index in [0.29, 0.717) is 24.3 Å². The number of aromatic amines is 1. The number of thioether (sulfide) groups is 1. The predicted octanol–water partition coefficient (Wildman–Crippen LogP) is 1.70. The van der Waals surface area contributed by atoms with Crippen molar-refractivity contribution >= 4 is 17.7 Å². The van der Waals surface area contributed by atoms with E-state index in [4.69, 9.17) is 10.5 Å². The average molecular weight is 250 g/mol. The van der Waals surface area contributed by atoms with Crippen molar-refractivity contribution in [2.45, 2.75) is 11.8 Å². The van der Waals surface area contributed by atoms with Crippen LogP contribution in [0.2, 0.25) is 0 Å². The molecule has 0 saturated carbocycles. The largest absolute Gasteiger partial charge is 0.376 e. The van der Waals surface area contributed by atoms with Gasteiger partial charge in [0.2, 0.25) is 11.1 Å². The lowest BCUT2D eigenvalue weighted by atomic mass is 10.2. The minimum Gasteiger partial charge on any atom is -0.376 e. The lowest BCUT2D eigenvalue weighted by Gasteiger charge is -2.02. The van der Waals surface area contributed by atoms with Crippen molar-refractivity contribution in [3.63, 3.8) is 0 Å². The van der Waals surface area contributed by atoms with Crippen molar-refractivity contribution < 1.29 is 4.74 Å². The molecule has 0 radical (unpaired) electrons. The molecule has 0 bridgehead atoms. The number of nitrogens with two attached hydrogens (primary N) is 1. The Morgan fingerprint density at radius 1 is 1.29 bits per heavy atom. The quantitative estimate of drug-likeness (QED) is 0.602. The molecular formula is C11H14N4OS. The summed E-state index contributed by atoms with van der Waals surface area (Å²) in [5, 5.41) is 7.17. The van der Waals surface area contributed by atoms with Crippen LogP contribution in [-0.2, 0) is 11.3 Å². The van der Waals surface area contributed by atoms with Crippen LogP contribution in [0.15, 0.2) is 35.5 Å². The Balaban J connectivity index is 1.61. The zero-order valence-electron chi connectivity index (χ0n) is 9.30. The van der Waals surface area contributed by atoms with Crippen LogP contribution < -0.4 is 5.73 Å². The van der Waals surface area contributed by atoms with Gasteiger partial charge in [-0.2, -0.15) is 4.98 Å². The summed E-state index contributed by atoms with van der Waals surface area (Å²) in [5.41, 5.74) is 6.59. The van der Waals surface area contributed by atoms with Gasteiger partial charge >= 0.3 is 0 Å². The fraction of sp³-hybridized carbons (Fsp3) is 0.273. The lowest BCUT2D eigenvalue weighted by Crippen LogP contribution is -1.98. The maximum absolute atomic E-state index is 5.53. The Morgan fingerprint density at radius 2 is 2.12 bits per heavy atom. The third-order valence-corrected chi connectivity index (χ3v) is 2.86. The molecule has 2 rings (SSSR count). The second-order valence-corrected chi connectivity index (χ2v) is 4.45. The number of anilines is 1. The van der Waals surface area contributed by atoms with Gasteiger partial charge in [0.05, 0.1) is 13.2 Å². The van der Waals surface area contributed by atoms with Gasteiger partial charge < -0.3 is 10.5 Å². The van der Waals surface area contributed by atoms with Crippen LogP contribution in [0.3, 0.4) is 0 Å². The Morgan fingerprint density at radius 3 is 2.82 bits per heavy atom. The second kappa shape index (κ2) is 6.27. The first-order valence-electron chi connectivity index (χ1n) is 5.27. The minimum atomic E-state index is 0.345. The van der Waals surface area contributed by atoms with Crippen molar-refractivity contribution in [2.75, 3.05) is 18.1 Å². The molecule has 90 valence electrons. The van der Waals surface area contributed by atoms with Gasteiger partial charge in [-0.15, -0.1) is 5.10 Å². The first-order chi connectivity index (χ1) is 8.34. The third-order valence-electron chi connectivity index (χ3n) is 2.05. The SMILES string of the molecule is Nc1nc(SCCOCc2ccccc2)n[nH]1. The molecule has 0 spiro atoms. The summed E-state index contributed by atoms with van der Waals surface area (Å²) < 4.78 is 5.53. The van der Waals surface area contributed by atoms with Crippen molar-refractivity contribution in [3.05, 3.63) is 35.9 Å². The number of hydrogen-bond donors (Lipinski definition) is 2. The second-order valence-electron chi connectivity index (χ2n) is 3.39. The number of nitrogens with zero attached hydrogens (tertiary/aromatic N) is 2. The number of aromatic nitrogens is 3. The van der Waals surface area contributed by atoms with E-state index in [2.05, 4.69) is 15.2 Å². The molecule has 0 aliphatic carbocycles. The van der Waals surface area contributed by atoms with Gasteiger partial charge in [0, 0.05) is 5.75 Å². The highest BCUT2D eigenvalue weighted by Gasteiger charge is 2.00. The number of H-pyrrole nitrogens is 1. The van der Waals surface area contributed by atoms with E-state index in [0.717, 1.165) is 5.75 Å². The first-order valence-corrected chi connectivity index (χ1v) is 6.25. The fourth-order valence-corrected chi connectivity index (χ4v) is 1.94. The Bertz CT molecular complexity index is 446. The first kappa shape index (κ1) is 11.9. The van der Waals surface area contributed by atoms with E-state index >= 15 is 0 Å². The van der Waals surface area contributed by atoms with E-state index < -0.39 is 0 Å². The summed E-state index contributed by atoms with van der Waals surface area (Å²) in [6.45, 7) is 1.30. The van der Waals surface area contributed by atoms with Crippen LogP contribution in [0.4, 0.5) is 5.95 Å². The molecular weight excluding hydrogens is 236 g/mol. The molecule has 1 aromatic heterocycles. The summed E-state index contributed by atoms with van der Waals surface area (Å²) in [6.07, 6.45) is 0. The fourth-order valence-electron chi connectivity index (χ4n) is 1.28.